The van der Waals surface area contributed by atoms with E-state index in [2.05, 4.69) is 4.98 Å². The maximum absolute atomic E-state index is 12.5. The lowest BCUT2D eigenvalue weighted by Crippen LogP contribution is -2.45. The summed E-state index contributed by atoms with van der Waals surface area (Å²) in [4.78, 5) is 4.23. The largest absolute Gasteiger partial charge is 0.327 e. The molecule has 0 spiro atoms. The second kappa shape index (κ2) is 5.95. The van der Waals surface area contributed by atoms with Crippen LogP contribution in [0, 0.1) is 0 Å². The van der Waals surface area contributed by atoms with Crippen molar-refractivity contribution in [3.63, 3.8) is 0 Å². The SMILES string of the molecule is Cl.NC1CCCN(S(=O)(=O)c2nc3ccccc3s2)C1. The van der Waals surface area contributed by atoms with E-state index in [4.69, 9.17) is 5.73 Å². The molecule has 3 rings (SSSR count). The fraction of sp³-hybridized carbons (Fsp3) is 0.417. The van der Waals surface area contributed by atoms with Gasteiger partial charge in [0.25, 0.3) is 10.0 Å². The second-order valence-electron chi connectivity index (χ2n) is 4.71. The highest BCUT2D eigenvalue weighted by molar-refractivity contribution is 7.91. The van der Waals surface area contributed by atoms with Crippen molar-refractivity contribution in [3.05, 3.63) is 24.3 Å². The molecule has 5 nitrogen and oxygen atoms in total. The van der Waals surface area contributed by atoms with Gasteiger partial charge in [-0.25, -0.2) is 13.4 Å². The minimum absolute atomic E-state index is 0. The maximum atomic E-state index is 12.5. The van der Waals surface area contributed by atoms with Crippen LogP contribution in [-0.2, 0) is 10.0 Å². The number of nitrogens with two attached hydrogens (primary N) is 1. The highest BCUT2D eigenvalue weighted by Gasteiger charge is 2.31. The topological polar surface area (TPSA) is 76.3 Å². The fourth-order valence-electron chi connectivity index (χ4n) is 2.26. The molecule has 20 heavy (non-hydrogen) atoms. The van der Waals surface area contributed by atoms with Crippen LogP contribution < -0.4 is 5.73 Å². The molecule has 1 unspecified atom stereocenters. The lowest BCUT2D eigenvalue weighted by molar-refractivity contribution is 0.316. The van der Waals surface area contributed by atoms with Crippen LogP contribution in [0.25, 0.3) is 10.2 Å². The van der Waals surface area contributed by atoms with Crippen LogP contribution in [0.1, 0.15) is 12.8 Å². The molecule has 0 amide bonds. The number of thiazole rings is 1. The van der Waals surface area contributed by atoms with Gasteiger partial charge in [-0.2, -0.15) is 4.31 Å². The Hall–Kier alpha value is -0.730. The number of rotatable bonds is 2. The van der Waals surface area contributed by atoms with Gasteiger partial charge in [-0.15, -0.1) is 23.7 Å². The van der Waals surface area contributed by atoms with Crippen molar-refractivity contribution in [3.8, 4) is 0 Å². The highest BCUT2D eigenvalue weighted by Crippen LogP contribution is 2.28. The molecule has 2 N–H and O–H groups in total. The number of benzene rings is 1. The molecule has 1 aliphatic heterocycles. The maximum Gasteiger partial charge on any atom is 0.270 e. The Morgan fingerprint density at radius 1 is 1.35 bits per heavy atom. The summed E-state index contributed by atoms with van der Waals surface area (Å²) in [6.07, 6.45) is 1.69. The third kappa shape index (κ3) is 2.82. The lowest BCUT2D eigenvalue weighted by Gasteiger charge is -2.28. The van der Waals surface area contributed by atoms with Gasteiger partial charge in [-0.3, -0.25) is 0 Å². The van der Waals surface area contributed by atoms with E-state index in [1.54, 1.807) is 0 Å². The minimum Gasteiger partial charge on any atom is -0.327 e. The Bertz CT molecular complexity index is 669. The third-order valence-electron chi connectivity index (χ3n) is 3.26. The molecule has 0 saturated carbocycles. The van der Waals surface area contributed by atoms with E-state index in [-0.39, 0.29) is 22.8 Å². The van der Waals surface area contributed by atoms with Crippen molar-refractivity contribution in [2.24, 2.45) is 5.73 Å². The average Bonchev–Trinajstić information content (AvgIpc) is 2.83. The van der Waals surface area contributed by atoms with Crippen LogP contribution in [0.3, 0.4) is 0 Å². The van der Waals surface area contributed by atoms with Crippen molar-refractivity contribution < 1.29 is 8.42 Å². The quantitative estimate of drug-likeness (QED) is 0.909. The first-order chi connectivity index (χ1) is 9.07. The molecule has 2 aromatic rings. The third-order valence-corrected chi connectivity index (χ3v) is 6.51. The number of nitrogens with zero attached hydrogens (tertiary/aromatic N) is 2. The predicted molar refractivity (Wildman–Crippen MR) is 82.8 cm³/mol. The first-order valence-electron chi connectivity index (χ1n) is 6.19. The molecule has 2 heterocycles. The molecular formula is C12H16ClN3O2S2. The Balaban J connectivity index is 0.00000147. The summed E-state index contributed by atoms with van der Waals surface area (Å²) in [5.74, 6) is 0. The summed E-state index contributed by atoms with van der Waals surface area (Å²) >= 11 is 1.22. The van der Waals surface area contributed by atoms with Crippen LogP contribution in [0.15, 0.2) is 28.6 Å². The molecule has 1 atom stereocenters. The molecule has 1 saturated heterocycles. The van der Waals surface area contributed by atoms with E-state index >= 15 is 0 Å². The number of halogens is 1. The number of fused-ring (bicyclic) bond motifs is 1. The van der Waals surface area contributed by atoms with Gasteiger partial charge in [0, 0.05) is 19.1 Å². The van der Waals surface area contributed by atoms with E-state index in [1.807, 2.05) is 24.3 Å². The first kappa shape index (κ1) is 15.7. The monoisotopic (exact) mass is 333 g/mol. The normalized spacial score (nSPS) is 20.8. The van der Waals surface area contributed by atoms with Gasteiger partial charge in [-0.1, -0.05) is 12.1 Å². The molecule has 1 aliphatic rings. The predicted octanol–water partition coefficient (Wildman–Crippen LogP) is 1.83. The van der Waals surface area contributed by atoms with Crippen molar-refractivity contribution in [1.29, 1.82) is 0 Å². The first-order valence-corrected chi connectivity index (χ1v) is 8.44. The molecule has 1 fully saturated rings. The van der Waals surface area contributed by atoms with Gasteiger partial charge in [0.1, 0.15) is 0 Å². The van der Waals surface area contributed by atoms with Crippen molar-refractivity contribution in [2.75, 3.05) is 13.1 Å². The molecule has 1 aromatic heterocycles. The molecule has 8 heteroatoms. The van der Waals surface area contributed by atoms with Crippen molar-refractivity contribution >= 4 is 44.0 Å². The minimum atomic E-state index is -3.50. The summed E-state index contributed by atoms with van der Waals surface area (Å²) in [6.45, 7) is 0.921. The van der Waals surface area contributed by atoms with Gasteiger partial charge >= 0.3 is 0 Å². The molecule has 0 aliphatic carbocycles. The summed E-state index contributed by atoms with van der Waals surface area (Å²) in [5.41, 5.74) is 6.58. The van der Waals surface area contributed by atoms with E-state index in [0.29, 0.717) is 13.1 Å². The standard InChI is InChI=1S/C12H15N3O2S2.ClH/c13-9-4-3-7-15(8-9)19(16,17)12-14-10-5-1-2-6-11(10)18-12;/h1-2,5-6,9H,3-4,7-8,13H2;1H. The highest BCUT2D eigenvalue weighted by atomic mass is 35.5. The number of para-hydroxylation sites is 1. The van der Waals surface area contributed by atoms with Crippen LogP contribution in [0.5, 0.6) is 0 Å². The van der Waals surface area contributed by atoms with Crippen LogP contribution >= 0.6 is 23.7 Å². The van der Waals surface area contributed by atoms with Crippen LogP contribution in [-0.4, -0.2) is 36.8 Å². The zero-order valence-corrected chi connectivity index (χ0v) is 13.2. The second-order valence-corrected chi connectivity index (χ2v) is 7.86. The van der Waals surface area contributed by atoms with E-state index in [9.17, 15) is 8.42 Å². The molecule has 110 valence electrons. The van der Waals surface area contributed by atoms with Gasteiger partial charge in [0.05, 0.1) is 10.2 Å². The van der Waals surface area contributed by atoms with Gasteiger partial charge < -0.3 is 5.73 Å². The van der Waals surface area contributed by atoms with Crippen molar-refractivity contribution in [2.45, 2.75) is 23.2 Å². The van der Waals surface area contributed by atoms with Gasteiger partial charge in [0.15, 0.2) is 0 Å². The number of piperidine rings is 1. The molecular weight excluding hydrogens is 318 g/mol. The lowest BCUT2D eigenvalue weighted by atomic mass is 10.1. The molecule has 1 aromatic carbocycles. The van der Waals surface area contributed by atoms with E-state index < -0.39 is 10.0 Å². The number of hydrogen-bond donors (Lipinski definition) is 1. The zero-order valence-electron chi connectivity index (χ0n) is 10.7. The van der Waals surface area contributed by atoms with Gasteiger partial charge in [-0.05, 0) is 25.0 Å². The summed E-state index contributed by atoms with van der Waals surface area (Å²) < 4.78 is 27.6. The number of hydrogen-bond acceptors (Lipinski definition) is 5. The number of sulfonamides is 1. The Morgan fingerprint density at radius 2 is 2.10 bits per heavy atom. The average molecular weight is 334 g/mol. The zero-order chi connectivity index (χ0) is 13.5. The van der Waals surface area contributed by atoms with E-state index in [0.717, 1.165) is 23.1 Å². The van der Waals surface area contributed by atoms with Crippen molar-refractivity contribution in [1.82, 2.24) is 9.29 Å². The summed E-state index contributed by atoms with van der Waals surface area (Å²) in [6, 6.07) is 7.38. The summed E-state index contributed by atoms with van der Waals surface area (Å²) in [7, 11) is -3.50. The van der Waals surface area contributed by atoms with Gasteiger partial charge in [0.2, 0.25) is 4.34 Å². The Kier molecular flexibility index (Phi) is 4.66. The fourth-order valence-corrected chi connectivity index (χ4v) is 5.16. The summed E-state index contributed by atoms with van der Waals surface area (Å²) in [5, 5.41) is 0. The van der Waals surface area contributed by atoms with Crippen LogP contribution in [0.2, 0.25) is 0 Å². The Morgan fingerprint density at radius 3 is 2.80 bits per heavy atom. The smallest absolute Gasteiger partial charge is 0.270 e. The molecule has 0 bridgehead atoms. The molecule has 0 radical (unpaired) electrons. The Labute approximate surface area is 128 Å². The van der Waals surface area contributed by atoms with E-state index in [1.165, 1.54) is 15.6 Å². The van der Waals surface area contributed by atoms with Crippen LogP contribution in [0.4, 0.5) is 0 Å². The number of aromatic nitrogens is 1.